The van der Waals surface area contributed by atoms with E-state index in [0.29, 0.717) is 6.07 Å². The molecule has 1 aliphatic rings. The molecule has 12 nitrogen and oxygen atoms in total. The number of carbonyl (C=O) groups is 2. The second-order valence-electron chi connectivity index (χ2n) is 5.70. The highest BCUT2D eigenvalue weighted by molar-refractivity contribution is 8.13. The van der Waals surface area contributed by atoms with Gasteiger partial charge in [-0.3, -0.25) is 4.55 Å². The Morgan fingerprint density at radius 2 is 1.60 bits per heavy atom. The van der Waals surface area contributed by atoms with Gasteiger partial charge in [0.1, 0.15) is 25.3 Å². The van der Waals surface area contributed by atoms with E-state index in [1.165, 1.54) is 0 Å². The van der Waals surface area contributed by atoms with Gasteiger partial charge in [0, 0.05) is 10.7 Å². The molecule has 3 N–H and O–H groups in total. The van der Waals surface area contributed by atoms with Crippen molar-refractivity contribution in [2.75, 3.05) is 0 Å². The highest BCUT2D eigenvalue weighted by atomic mass is 35.7. The van der Waals surface area contributed by atoms with E-state index in [2.05, 4.69) is 0 Å². The van der Waals surface area contributed by atoms with Gasteiger partial charge in [0.25, 0.3) is 19.2 Å². The Morgan fingerprint density at radius 3 is 2.07 bits per heavy atom. The first-order chi connectivity index (χ1) is 13.6. The van der Waals surface area contributed by atoms with Crippen LogP contribution in [-0.2, 0) is 29.0 Å². The summed E-state index contributed by atoms with van der Waals surface area (Å²) >= 11 is 0. The van der Waals surface area contributed by atoms with Gasteiger partial charge in [-0.05, 0) is 24.3 Å². The van der Waals surface area contributed by atoms with Crippen molar-refractivity contribution < 1.29 is 54.3 Å². The normalized spacial score (nSPS) is 14.9. The van der Waals surface area contributed by atoms with E-state index < -0.39 is 83.2 Å². The Bertz CT molecular complexity index is 1470. The molecule has 0 saturated heterocycles. The van der Waals surface area contributed by atoms with E-state index in [4.69, 9.17) is 20.5 Å². The van der Waals surface area contributed by atoms with Crippen LogP contribution < -0.4 is 4.74 Å². The van der Waals surface area contributed by atoms with Crippen LogP contribution in [0.3, 0.4) is 0 Å². The van der Waals surface area contributed by atoms with E-state index >= 15 is 0 Å². The zero-order valence-corrected chi connectivity index (χ0v) is 17.1. The van der Waals surface area contributed by atoms with Crippen LogP contribution in [0.1, 0.15) is 20.7 Å². The molecule has 160 valence electrons. The van der Waals surface area contributed by atoms with Crippen molar-refractivity contribution in [3.05, 3.63) is 35.4 Å². The molecule has 0 unspecified atom stereocenters. The predicted octanol–water partition coefficient (Wildman–Crippen LogP) is 1.20. The van der Waals surface area contributed by atoms with Crippen LogP contribution in [-0.4, -0.2) is 52.0 Å². The number of aromatic carboxylic acids is 2. The summed E-state index contributed by atoms with van der Waals surface area (Å²) < 4.78 is 88.5. The number of carboxylic acids is 2. The third-order valence-electron chi connectivity index (χ3n) is 3.87. The molecule has 0 atom stereocenters. The fourth-order valence-corrected chi connectivity index (χ4v) is 6.75. The molecule has 3 rings (SSSR count). The zero-order valence-electron chi connectivity index (χ0n) is 13.9. The quantitative estimate of drug-likeness (QED) is 0.342. The smallest absolute Gasteiger partial charge is 0.337 e. The lowest BCUT2D eigenvalue weighted by Gasteiger charge is -2.24. The van der Waals surface area contributed by atoms with Crippen molar-refractivity contribution in [1.82, 2.24) is 0 Å². The van der Waals surface area contributed by atoms with E-state index in [-0.39, 0.29) is 6.07 Å². The molecule has 0 fully saturated rings. The van der Waals surface area contributed by atoms with Crippen LogP contribution in [0.5, 0.6) is 11.5 Å². The number of sulfone groups is 1. The Kier molecular flexibility index (Phi) is 4.87. The van der Waals surface area contributed by atoms with Gasteiger partial charge >= 0.3 is 11.9 Å². The SMILES string of the molecule is O=C(O)c1ccc2c(c1)S(=O)(=O)c1c(c(S(=O)(=O)Cl)cc(C(=O)O)c1S(=O)(=O)O)O2. The second-order valence-corrected chi connectivity index (χ2v) is 11.4. The lowest BCUT2D eigenvalue weighted by molar-refractivity contribution is 0.0683. The molecule has 0 aromatic heterocycles. The van der Waals surface area contributed by atoms with Crippen LogP contribution in [0.4, 0.5) is 0 Å². The first kappa shape index (κ1) is 22.0. The molecule has 16 heteroatoms. The molecule has 0 saturated carbocycles. The molecule has 1 heterocycles. The Hall–Kier alpha value is -2.72. The zero-order chi connectivity index (χ0) is 22.8. The van der Waals surface area contributed by atoms with Crippen molar-refractivity contribution >= 4 is 51.6 Å². The lowest BCUT2D eigenvalue weighted by atomic mass is 10.2. The summed E-state index contributed by atoms with van der Waals surface area (Å²) in [6, 6.07) is 2.60. The first-order valence-corrected chi connectivity index (χ1v) is 12.5. The third-order valence-corrected chi connectivity index (χ3v) is 8.09. The molecule has 0 bridgehead atoms. The number of hydrogen-bond acceptors (Lipinski definition) is 9. The van der Waals surface area contributed by atoms with E-state index in [1.807, 2.05) is 0 Å². The fourth-order valence-electron chi connectivity index (χ4n) is 2.69. The van der Waals surface area contributed by atoms with Gasteiger partial charge < -0.3 is 14.9 Å². The van der Waals surface area contributed by atoms with Gasteiger partial charge in [0.05, 0.1) is 11.1 Å². The third kappa shape index (κ3) is 3.39. The Morgan fingerprint density at radius 1 is 1.00 bits per heavy atom. The van der Waals surface area contributed by atoms with Crippen molar-refractivity contribution in [2.24, 2.45) is 0 Å². The maximum absolute atomic E-state index is 13.1. The summed E-state index contributed by atoms with van der Waals surface area (Å²) in [7, 11) is -10.3. The molecule has 0 radical (unpaired) electrons. The molecule has 0 amide bonds. The van der Waals surface area contributed by atoms with Crippen LogP contribution in [0.25, 0.3) is 0 Å². The maximum Gasteiger partial charge on any atom is 0.337 e. The van der Waals surface area contributed by atoms with Crippen molar-refractivity contribution in [3.63, 3.8) is 0 Å². The minimum absolute atomic E-state index is 0.221. The predicted molar refractivity (Wildman–Crippen MR) is 95.2 cm³/mol. The molecule has 30 heavy (non-hydrogen) atoms. The average Bonchev–Trinajstić information content (AvgIpc) is 2.58. The summed E-state index contributed by atoms with van der Waals surface area (Å²) in [6.45, 7) is 0. The monoisotopic (exact) mass is 498 g/mol. The number of rotatable bonds is 4. The minimum atomic E-state index is -5.58. The average molecular weight is 499 g/mol. The number of fused-ring (bicyclic) bond motifs is 2. The summed E-state index contributed by atoms with van der Waals surface area (Å²) in [5.41, 5.74) is -1.97. The van der Waals surface area contributed by atoms with Gasteiger partial charge in [-0.15, -0.1) is 0 Å². The van der Waals surface area contributed by atoms with Gasteiger partial charge in [-0.2, -0.15) is 8.42 Å². The van der Waals surface area contributed by atoms with Gasteiger partial charge in [-0.1, -0.05) is 0 Å². The first-order valence-electron chi connectivity index (χ1n) is 7.23. The summed E-state index contributed by atoms with van der Waals surface area (Å²) in [5.74, 6) is -5.42. The van der Waals surface area contributed by atoms with Crippen LogP contribution in [0, 0.1) is 0 Å². The standard InChI is InChI=1S/C14H7ClO12S3/c15-29(22,23)9-4-6(14(18)19)11(30(24,25)26)12-10(9)27-7-2-1-5(13(16)17)3-8(7)28(12,20)21/h1-4H,(H,16,17)(H,18,19)(H,24,25,26). The molecule has 2 aromatic carbocycles. The number of halogens is 1. The highest BCUT2D eigenvalue weighted by Gasteiger charge is 2.44. The van der Waals surface area contributed by atoms with Crippen molar-refractivity contribution in [1.29, 1.82) is 0 Å². The molecule has 2 aromatic rings. The Labute approximate surface area is 172 Å². The van der Waals surface area contributed by atoms with E-state index in [1.54, 1.807) is 0 Å². The maximum atomic E-state index is 13.1. The summed E-state index contributed by atoms with van der Waals surface area (Å²) in [6.07, 6.45) is 0. The van der Waals surface area contributed by atoms with E-state index in [0.717, 1.165) is 12.1 Å². The second kappa shape index (κ2) is 6.64. The van der Waals surface area contributed by atoms with Crippen molar-refractivity contribution in [2.45, 2.75) is 19.6 Å². The van der Waals surface area contributed by atoms with E-state index in [9.17, 15) is 44.5 Å². The summed E-state index contributed by atoms with van der Waals surface area (Å²) in [4.78, 5) is 17.4. The number of ether oxygens (including phenoxy) is 1. The summed E-state index contributed by atoms with van der Waals surface area (Å²) in [5, 5.41) is 18.3. The minimum Gasteiger partial charge on any atom is -0.478 e. The highest BCUT2D eigenvalue weighted by Crippen LogP contribution is 2.50. The largest absolute Gasteiger partial charge is 0.478 e. The van der Waals surface area contributed by atoms with Gasteiger partial charge in [-0.25, -0.2) is 26.4 Å². The van der Waals surface area contributed by atoms with Crippen LogP contribution in [0.2, 0.25) is 0 Å². The number of hydrogen-bond donors (Lipinski definition) is 3. The molecule has 0 spiro atoms. The molecule has 0 aliphatic carbocycles. The molecular formula is C14H7ClO12S3. The fraction of sp³-hybridized carbons (Fsp3) is 0. The van der Waals surface area contributed by atoms with Gasteiger partial charge in [0.15, 0.2) is 5.75 Å². The Balaban J connectivity index is 2.62. The number of carboxylic acid groups (broad SMARTS) is 2. The number of benzene rings is 2. The van der Waals surface area contributed by atoms with Crippen LogP contribution >= 0.6 is 10.7 Å². The topological polar surface area (TPSA) is 206 Å². The molecular weight excluding hydrogens is 492 g/mol. The lowest BCUT2D eigenvalue weighted by Crippen LogP contribution is -2.21. The van der Waals surface area contributed by atoms with Gasteiger partial charge in [0.2, 0.25) is 9.84 Å². The van der Waals surface area contributed by atoms with Crippen molar-refractivity contribution in [3.8, 4) is 11.5 Å². The molecule has 1 aliphatic heterocycles. The van der Waals surface area contributed by atoms with Crippen LogP contribution in [0.15, 0.2) is 43.8 Å².